The summed E-state index contributed by atoms with van der Waals surface area (Å²) in [5.41, 5.74) is 0.661. The van der Waals surface area contributed by atoms with Crippen molar-refractivity contribution < 1.29 is 18.3 Å². The van der Waals surface area contributed by atoms with E-state index >= 15 is 0 Å². The number of rotatable bonds is 3. The molecule has 0 amide bonds. The Labute approximate surface area is 116 Å². The highest BCUT2D eigenvalue weighted by atomic mass is 79.9. The maximum atomic E-state index is 12.9. The van der Waals surface area contributed by atoms with Crippen LogP contribution in [0.1, 0.15) is 6.42 Å². The first kappa shape index (κ1) is 13.5. The third kappa shape index (κ3) is 2.92. The van der Waals surface area contributed by atoms with Crippen LogP contribution in [0.15, 0.2) is 22.7 Å². The van der Waals surface area contributed by atoms with Gasteiger partial charge in [-0.3, -0.25) is 0 Å². The highest BCUT2D eigenvalue weighted by Crippen LogP contribution is 2.32. The van der Waals surface area contributed by atoms with Gasteiger partial charge in [0.05, 0.1) is 18.7 Å². The number of alkyl halides is 2. The zero-order chi connectivity index (χ0) is 13.3. The Morgan fingerprint density at radius 2 is 2.28 bits per heavy atom. The van der Waals surface area contributed by atoms with Crippen LogP contribution in [0.2, 0.25) is 5.02 Å². The van der Waals surface area contributed by atoms with Crippen LogP contribution < -0.4 is 5.32 Å². The topological polar surface area (TPSA) is 38.3 Å². The number of ether oxygens (including phenoxy) is 1. The molecule has 1 heterocycles. The number of benzene rings is 1. The lowest BCUT2D eigenvalue weighted by molar-refractivity contribution is -0.158. The predicted octanol–water partition coefficient (Wildman–Crippen LogP) is 3.47. The number of carbonyl (C=O) groups is 1. The lowest BCUT2D eigenvalue weighted by atomic mass is 10.2. The molecule has 7 heteroatoms. The van der Waals surface area contributed by atoms with Crippen molar-refractivity contribution in [3.63, 3.8) is 0 Å². The summed E-state index contributed by atoms with van der Waals surface area (Å²) in [7, 11) is 0. The van der Waals surface area contributed by atoms with E-state index in [1.54, 1.807) is 18.2 Å². The maximum Gasteiger partial charge on any atom is 0.377 e. The average Bonchev–Trinajstić information content (AvgIpc) is 2.54. The Hall–Kier alpha value is -0.880. The van der Waals surface area contributed by atoms with Gasteiger partial charge in [0.1, 0.15) is 6.10 Å². The average molecular weight is 341 g/mol. The minimum absolute atomic E-state index is 0.111. The van der Waals surface area contributed by atoms with Crippen molar-refractivity contribution in [2.24, 2.45) is 0 Å². The summed E-state index contributed by atoms with van der Waals surface area (Å²) < 4.78 is 31.2. The summed E-state index contributed by atoms with van der Waals surface area (Å²) in [4.78, 5) is 10.8. The van der Waals surface area contributed by atoms with Gasteiger partial charge in [0, 0.05) is 9.50 Å². The van der Waals surface area contributed by atoms with E-state index in [1.807, 2.05) is 0 Å². The van der Waals surface area contributed by atoms with Crippen LogP contribution in [0.3, 0.4) is 0 Å². The molecule has 3 nitrogen and oxygen atoms in total. The molecule has 2 rings (SSSR count). The van der Waals surface area contributed by atoms with Crippen molar-refractivity contribution in [3.8, 4) is 0 Å². The molecule has 0 bridgehead atoms. The second kappa shape index (κ2) is 5.01. The van der Waals surface area contributed by atoms with Crippen molar-refractivity contribution in [1.29, 1.82) is 0 Å². The van der Waals surface area contributed by atoms with E-state index in [4.69, 9.17) is 11.6 Å². The Balaban J connectivity index is 1.97. The molecule has 1 atom stereocenters. The summed E-state index contributed by atoms with van der Waals surface area (Å²) in [5.74, 6) is -4.84. The van der Waals surface area contributed by atoms with Crippen LogP contribution in [-0.4, -0.2) is 24.5 Å². The number of hydrogen-bond donors (Lipinski definition) is 1. The van der Waals surface area contributed by atoms with E-state index in [0.29, 0.717) is 10.7 Å². The molecule has 1 fully saturated rings. The van der Waals surface area contributed by atoms with Gasteiger partial charge < -0.3 is 10.1 Å². The van der Waals surface area contributed by atoms with E-state index < -0.39 is 24.4 Å². The van der Waals surface area contributed by atoms with E-state index in [1.165, 1.54) is 0 Å². The number of anilines is 1. The molecular weight excluding hydrogens is 331 g/mol. The Morgan fingerprint density at radius 3 is 2.89 bits per heavy atom. The number of esters is 1. The van der Waals surface area contributed by atoms with Gasteiger partial charge in [0.25, 0.3) is 0 Å². The maximum absolute atomic E-state index is 12.9. The monoisotopic (exact) mass is 339 g/mol. The highest BCUT2D eigenvalue weighted by Gasteiger charge is 2.50. The lowest BCUT2D eigenvalue weighted by Crippen LogP contribution is -2.22. The van der Waals surface area contributed by atoms with Gasteiger partial charge >= 0.3 is 11.9 Å². The molecule has 18 heavy (non-hydrogen) atoms. The van der Waals surface area contributed by atoms with Crippen LogP contribution in [-0.2, 0) is 9.53 Å². The Kier molecular flexibility index (Phi) is 3.77. The molecule has 1 unspecified atom stereocenters. The highest BCUT2D eigenvalue weighted by molar-refractivity contribution is 9.10. The minimum atomic E-state index is -3.38. The van der Waals surface area contributed by atoms with Gasteiger partial charge in [0.15, 0.2) is 0 Å². The van der Waals surface area contributed by atoms with E-state index in [0.717, 1.165) is 4.47 Å². The number of hydrogen-bond acceptors (Lipinski definition) is 3. The molecule has 0 aromatic heterocycles. The van der Waals surface area contributed by atoms with Gasteiger partial charge in [-0.2, -0.15) is 8.78 Å². The molecule has 0 saturated carbocycles. The molecule has 1 aromatic rings. The zero-order valence-corrected chi connectivity index (χ0v) is 11.4. The first-order valence-electron chi connectivity index (χ1n) is 5.16. The standard InChI is InChI=1S/C11H9BrClF2NO2/c12-8-2-1-6(13)3-9(8)16-5-7-4-11(14,15)10(17)18-7/h1-3,7,16H,4-5H2. The van der Waals surface area contributed by atoms with Gasteiger partial charge in [-0.15, -0.1) is 0 Å². The fraction of sp³-hybridized carbons (Fsp3) is 0.364. The molecule has 0 radical (unpaired) electrons. The summed E-state index contributed by atoms with van der Waals surface area (Å²) >= 11 is 9.11. The summed E-state index contributed by atoms with van der Waals surface area (Å²) in [6.45, 7) is 0.111. The third-order valence-electron chi connectivity index (χ3n) is 2.50. The van der Waals surface area contributed by atoms with Crippen molar-refractivity contribution in [2.75, 3.05) is 11.9 Å². The van der Waals surface area contributed by atoms with E-state index in [9.17, 15) is 13.6 Å². The van der Waals surface area contributed by atoms with Gasteiger partial charge in [-0.05, 0) is 34.1 Å². The molecule has 0 spiro atoms. The molecule has 0 aliphatic carbocycles. The van der Waals surface area contributed by atoms with Crippen molar-refractivity contribution >= 4 is 39.2 Å². The number of cyclic esters (lactones) is 1. The zero-order valence-electron chi connectivity index (χ0n) is 9.05. The van der Waals surface area contributed by atoms with Crippen LogP contribution in [0.25, 0.3) is 0 Å². The molecule has 98 valence electrons. The molecular formula is C11H9BrClF2NO2. The third-order valence-corrected chi connectivity index (χ3v) is 3.43. The normalized spacial score (nSPS) is 21.8. The van der Waals surface area contributed by atoms with E-state index in [2.05, 4.69) is 26.0 Å². The van der Waals surface area contributed by atoms with Crippen molar-refractivity contribution in [1.82, 2.24) is 0 Å². The van der Waals surface area contributed by atoms with Crippen molar-refractivity contribution in [3.05, 3.63) is 27.7 Å². The largest absolute Gasteiger partial charge is 0.456 e. The predicted molar refractivity (Wildman–Crippen MR) is 67.1 cm³/mol. The number of carbonyl (C=O) groups excluding carboxylic acids is 1. The van der Waals surface area contributed by atoms with Crippen LogP contribution in [0.4, 0.5) is 14.5 Å². The fourth-order valence-electron chi connectivity index (χ4n) is 1.62. The Morgan fingerprint density at radius 1 is 1.56 bits per heavy atom. The first-order chi connectivity index (χ1) is 8.38. The minimum Gasteiger partial charge on any atom is -0.456 e. The number of halogens is 4. The van der Waals surface area contributed by atoms with Gasteiger partial charge in [-0.25, -0.2) is 4.79 Å². The van der Waals surface area contributed by atoms with Gasteiger partial charge in [-0.1, -0.05) is 11.6 Å². The first-order valence-corrected chi connectivity index (χ1v) is 6.33. The SMILES string of the molecule is O=C1OC(CNc2cc(Cl)ccc2Br)CC1(F)F. The second-order valence-corrected chi connectivity index (χ2v) is 5.23. The molecule has 1 aliphatic rings. The number of nitrogens with one attached hydrogen (secondary N) is 1. The smallest absolute Gasteiger partial charge is 0.377 e. The van der Waals surface area contributed by atoms with Crippen LogP contribution >= 0.6 is 27.5 Å². The fourth-order valence-corrected chi connectivity index (χ4v) is 2.18. The summed E-state index contributed by atoms with van der Waals surface area (Å²) in [5, 5.41) is 3.43. The molecule has 1 saturated heterocycles. The van der Waals surface area contributed by atoms with Crippen molar-refractivity contribution in [2.45, 2.75) is 18.4 Å². The van der Waals surface area contributed by atoms with Gasteiger partial charge in [0.2, 0.25) is 0 Å². The molecule has 1 aliphatic heterocycles. The summed E-state index contributed by atoms with van der Waals surface area (Å²) in [6, 6.07) is 5.08. The van der Waals surface area contributed by atoms with Crippen LogP contribution in [0, 0.1) is 0 Å². The molecule has 1 aromatic carbocycles. The summed E-state index contributed by atoms with van der Waals surface area (Å²) in [6.07, 6.45) is -1.44. The van der Waals surface area contributed by atoms with Crippen LogP contribution in [0.5, 0.6) is 0 Å². The second-order valence-electron chi connectivity index (χ2n) is 3.94. The Bertz CT molecular complexity index is 484. The lowest BCUT2D eigenvalue weighted by Gasteiger charge is -2.12. The molecule has 1 N–H and O–H groups in total. The van der Waals surface area contributed by atoms with E-state index in [-0.39, 0.29) is 6.54 Å². The quantitative estimate of drug-likeness (QED) is 0.856.